The van der Waals surface area contributed by atoms with E-state index in [1.54, 1.807) is 4.31 Å². The average molecular weight is 274 g/mol. The topological polar surface area (TPSA) is 37.4 Å². The van der Waals surface area contributed by atoms with Gasteiger partial charge in [0.2, 0.25) is 10.0 Å². The second-order valence-corrected chi connectivity index (χ2v) is 6.68. The van der Waals surface area contributed by atoms with Gasteiger partial charge in [-0.15, -0.1) is 11.6 Å². The van der Waals surface area contributed by atoms with Crippen molar-refractivity contribution in [3.05, 3.63) is 29.8 Å². The Morgan fingerprint density at radius 1 is 1.41 bits per heavy atom. The summed E-state index contributed by atoms with van der Waals surface area (Å²) in [6.07, 6.45) is 1.28. The van der Waals surface area contributed by atoms with E-state index < -0.39 is 10.0 Å². The predicted molar refractivity (Wildman–Crippen MR) is 71.2 cm³/mol. The first-order chi connectivity index (χ1) is 8.06. The Bertz CT molecular complexity index is 501. The molecule has 0 N–H and O–H groups in total. The maximum absolute atomic E-state index is 12.2. The average Bonchev–Trinajstić information content (AvgIpc) is 2.63. The molecule has 94 valence electrons. The maximum atomic E-state index is 12.2. The predicted octanol–water partition coefficient (Wildman–Crippen LogP) is 2.40. The van der Waals surface area contributed by atoms with Crippen molar-refractivity contribution in [2.75, 3.05) is 15.9 Å². The molecule has 1 unspecified atom stereocenters. The lowest BCUT2D eigenvalue weighted by Crippen LogP contribution is -2.37. The van der Waals surface area contributed by atoms with Crippen molar-refractivity contribution in [2.45, 2.75) is 25.8 Å². The van der Waals surface area contributed by atoms with Crippen molar-refractivity contribution in [1.29, 1.82) is 0 Å². The Hall–Kier alpha value is -0.740. The summed E-state index contributed by atoms with van der Waals surface area (Å²) in [6, 6.07) is 7.69. The van der Waals surface area contributed by atoms with Crippen molar-refractivity contribution in [3.63, 3.8) is 0 Å². The highest BCUT2D eigenvalue weighted by Crippen LogP contribution is 2.34. The van der Waals surface area contributed by atoms with E-state index >= 15 is 0 Å². The molecule has 17 heavy (non-hydrogen) atoms. The first-order valence-electron chi connectivity index (χ1n) is 5.72. The van der Waals surface area contributed by atoms with Gasteiger partial charge in [-0.1, -0.05) is 18.2 Å². The van der Waals surface area contributed by atoms with Crippen LogP contribution in [0.1, 0.15) is 18.9 Å². The molecule has 0 saturated heterocycles. The maximum Gasteiger partial charge on any atom is 0.235 e. The van der Waals surface area contributed by atoms with Gasteiger partial charge in [-0.3, -0.25) is 4.31 Å². The summed E-state index contributed by atoms with van der Waals surface area (Å²) in [5.41, 5.74) is 1.93. The lowest BCUT2D eigenvalue weighted by Gasteiger charge is -2.24. The highest BCUT2D eigenvalue weighted by atomic mass is 35.5. The molecule has 0 saturated carbocycles. The van der Waals surface area contributed by atoms with Gasteiger partial charge >= 0.3 is 0 Å². The van der Waals surface area contributed by atoms with Gasteiger partial charge in [-0.25, -0.2) is 8.42 Å². The van der Waals surface area contributed by atoms with Crippen molar-refractivity contribution in [2.24, 2.45) is 0 Å². The molecule has 2 rings (SSSR count). The zero-order valence-corrected chi connectivity index (χ0v) is 11.3. The third-order valence-corrected chi connectivity index (χ3v) is 5.21. The Labute approximate surface area is 107 Å². The molecule has 1 heterocycles. The Morgan fingerprint density at radius 2 is 2.12 bits per heavy atom. The first-order valence-corrected chi connectivity index (χ1v) is 7.86. The zero-order chi connectivity index (χ0) is 12.5. The van der Waals surface area contributed by atoms with Crippen LogP contribution in [0.3, 0.4) is 0 Å². The quantitative estimate of drug-likeness (QED) is 0.790. The molecule has 1 aromatic rings. The highest BCUT2D eigenvalue weighted by molar-refractivity contribution is 7.92. The van der Waals surface area contributed by atoms with E-state index in [1.165, 1.54) is 0 Å². The monoisotopic (exact) mass is 273 g/mol. The van der Waals surface area contributed by atoms with Crippen LogP contribution in [-0.4, -0.2) is 26.1 Å². The number of nitrogens with zero attached hydrogens (tertiary/aromatic N) is 1. The molecular formula is C12H16ClNO2S. The van der Waals surface area contributed by atoms with Gasteiger partial charge in [-0.2, -0.15) is 0 Å². The SMILES string of the molecule is CC1Cc2ccccc2N1S(=O)(=O)CCCCl. The van der Waals surface area contributed by atoms with Crippen LogP contribution < -0.4 is 4.31 Å². The fourth-order valence-corrected chi connectivity index (χ4v) is 4.39. The van der Waals surface area contributed by atoms with E-state index in [0.717, 1.165) is 17.7 Å². The van der Waals surface area contributed by atoms with Crippen LogP contribution in [0.25, 0.3) is 0 Å². The fraction of sp³-hybridized carbons (Fsp3) is 0.500. The first kappa shape index (κ1) is 12.7. The zero-order valence-electron chi connectivity index (χ0n) is 9.77. The summed E-state index contributed by atoms with van der Waals surface area (Å²) in [5, 5.41) is 0. The van der Waals surface area contributed by atoms with E-state index in [2.05, 4.69) is 0 Å². The van der Waals surface area contributed by atoms with Crippen LogP contribution in [0, 0.1) is 0 Å². The largest absolute Gasteiger partial charge is 0.267 e. The fourth-order valence-electron chi connectivity index (χ4n) is 2.30. The van der Waals surface area contributed by atoms with Crippen LogP contribution in [0.5, 0.6) is 0 Å². The molecule has 0 aromatic heterocycles. The number of anilines is 1. The van der Waals surface area contributed by atoms with Gasteiger partial charge in [0.1, 0.15) is 0 Å². The van der Waals surface area contributed by atoms with Crippen molar-refractivity contribution in [3.8, 4) is 0 Å². The number of para-hydroxylation sites is 1. The van der Waals surface area contributed by atoms with Gasteiger partial charge in [-0.05, 0) is 31.4 Å². The number of alkyl halides is 1. The van der Waals surface area contributed by atoms with E-state index in [1.807, 2.05) is 31.2 Å². The molecule has 0 radical (unpaired) electrons. The number of hydrogen-bond donors (Lipinski definition) is 0. The molecular weight excluding hydrogens is 258 g/mol. The molecule has 0 spiro atoms. The van der Waals surface area contributed by atoms with Crippen molar-refractivity contribution in [1.82, 2.24) is 0 Å². The van der Waals surface area contributed by atoms with Crippen LogP contribution in [0.2, 0.25) is 0 Å². The van der Waals surface area contributed by atoms with Gasteiger partial charge in [0.15, 0.2) is 0 Å². The minimum atomic E-state index is -3.24. The van der Waals surface area contributed by atoms with Gasteiger partial charge in [0.25, 0.3) is 0 Å². The van der Waals surface area contributed by atoms with E-state index in [-0.39, 0.29) is 11.8 Å². The van der Waals surface area contributed by atoms with Crippen LogP contribution >= 0.6 is 11.6 Å². The molecule has 0 aliphatic carbocycles. The number of halogens is 1. The summed E-state index contributed by atoms with van der Waals surface area (Å²) in [4.78, 5) is 0. The highest BCUT2D eigenvalue weighted by Gasteiger charge is 2.33. The van der Waals surface area contributed by atoms with Crippen LogP contribution in [0.4, 0.5) is 5.69 Å². The van der Waals surface area contributed by atoms with Crippen LogP contribution in [-0.2, 0) is 16.4 Å². The van der Waals surface area contributed by atoms with E-state index in [9.17, 15) is 8.42 Å². The Balaban J connectivity index is 2.33. The summed E-state index contributed by atoms with van der Waals surface area (Å²) in [5.74, 6) is 0.498. The summed E-state index contributed by atoms with van der Waals surface area (Å²) in [7, 11) is -3.24. The van der Waals surface area contributed by atoms with E-state index in [0.29, 0.717) is 12.3 Å². The Kier molecular flexibility index (Phi) is 3.64. The molecule has 1 aliphatic rings. The lowest BCUT2D eigenvalue weighted by molar-refractivity contribution is 0.583. The minimum absolute atomic E-state index is 0.00715. The van der Waals surface area contributed by atoms with Gasteiger partial charge in [0, 0.05) is 11.9 Å². The molecule has 3 nitrogen and oxygen atoms in total. The number of benzene rings is 1. The molecule has 0 fully saturated rings. The van der Waals surface area contributed by atoms with Gasteiger partial charge < -0.3 is 0 Å². The third kappa shape index (κ3) is 2.43. The smallest absolute Gasteiger partial charge is 0.235 e. The standard InChI is InChI=1S/C12H16ClNO2S/c1-10-9-11-5-2-3-6-12(11)14(10)17(15,16)8-4-7-13/h2-3,5-6,10H,4,7-9H2,1H3. The Morgan fingerprint density at radius 3 is 2.82 bits per heavy atom. The molecule has 1 aliphatic heterocycles. The van der Waals surface area contributed by atoms with E-state index in [4.69, 9.17) is 11.6 Å². The second-order valence-electron chi connectivity index (χ2n) is 4.34. The number of fused-ring (bicyclic) bond motifs is 1. The molecule has 0 amide bonds. The third-order valence-electron chi connectivity index (χ3n) is 2.98. The molecule has 1 aromatic carbocycles. The normalized spacial score (nSPS) is 19.4. The van der Waals surface area contributed by atoms with Crippen molar-refractivity contribution >= 4 is 27.3 Å². The number of sulfonamides is 1. The molecule has 0 bridgehead atoms. The lowest BCUT2D eigenvalue weighted by atomic mass is 10.1. The van der Waals surface area contributed by atoms with Crippen LogP contribution in [0.15, 0.2) is 24.3 Å². The second kappa shape index (κ2) is 4.86. The van der Waals surface area contributed by atoms with Crippen molar-refractivity contribution < 1.29 is 8.42 Å². The molecule has 5 heteroatoms. The molecule has 1 atom stereocenters. The summed E-state index contributed by atoms with van der Waals surface area (Å²) in [6.45, 7) is 1.94. The summed E-state index contributed by atoms with van der Waals surface area (Å²) < 4.78 is 26.0. The minimum Gasteiger partial charge on any atom is -0.267 e. The van der Waals surface area contributed by atoms with Gasteiger partial charge in [0.05, 0.1) is 11.4 Å². The number of rotatable bonds is 4. The number of hydrogen-bond acceptors (Lipinski definition) is 2. The summed E-state index contributed by atoms with van der Waals surface area (Å²) >= 11 is 5.57.